The number of anilines is 1. The van der Waals surface area contributed by atoms with Crippen LogP contribution in [0.4, 0.5) is 5.69 Å². The van der Waals surface area contributed by atoms with Crippen LogP contribution in [0.15, 0.2) is 71.6 Å². The lowest BCUT2D eigenvalue weighted by Gasteiger charge is -2.35. The Labute approximate surface area is 204 Å². The maximum absolute atomic E-state index is 13.5. The Hall–Kier alpha value is -3.23. The predicted octanol–water partition coefficient (Wildman–Crippen LogP) is 4.11. The SMILES string of the molecule is Cc1ccc(S(=O)(=O)N2C[C@@H](C(=O)NCCOc3ccccc3Cl)Oc3cc(C)ccc32)cc1. The number of aryl methyl sites for hydroxylation is 2. The van der Waals surface area contributed by atoms with Gasteiger partial charge in [-0.3, -0.25) is 9.10 Å². The van der Waals surface area contributed by atoms with Crippen molar-refractivity contribution in [2.45, 2.75) is 24.8 Å². The smallest absolute Gasteiger partial charge is 0.264 e. The second-order valence-corrected chi connectivity index (χ2v) is 10.3. The van der Waals surface area contributed by atoms with E-state index < -0.39 is 22.0 Å². The summed E-state index contributed by atoms with van der Waals surface area (Å²) in [7, 11) is -3.90. The highest BCUT2D eigenvalue weighted by Crippen LogP contribution is 2.37. The zero-order valence-corrected chi connectivity index (χ0v) is 20.4. The van der Waals surface area contributed by atoms with E-state index in [1.165, 1.54) is 4.31 Å². The molecule has 0 fully saturated rings. The number of rotatable bonds is 7. The number of halogens is 1. The zero-order chi connectivity index (χ0) is 24.3. The van der Waals surface area contributed by atoms with Crippen molar-refractivity contribution in [1.29, 1.82) is 0 Å². The molecule has 0 saturated heterocycles. The number of carbonyl (C=O) groups excluding carboxylic acids is 1. The minimum atomic E-state index is -3.90. The van der Waals surface area contributed by atoms with Gasteiger partial charge in [-0.15, -0.1) is 0 Å². The monoisotopic (exact) mass is 500 g/mol. The van der Waals surface area contributed by atoms with Crippen molar-refractivity contribution in [2.24, 2.45) is 0 Å². The van der Waals surface area contributed by atoms with Crippen LogP contribution >= 0.6 is 11.6 Å². The standard InChI is InChI=1S/C25H25ClN2O5S/c1-17-7-10-19(11-8-17)34(30,31)28-16-24(33-23-15-18(2)9-12-21(23)28)25(29)27-13-14-32-22-6-4-3-5-20(22)26/h3-12,15,24H,13-14,16H2,1-2H3,(H,27,29)/t24-/m0/s1. The van der Waals surface area contributed by atoms with Gasteiger partial charge in [-0.1, -0.05) is 47.5 Å². The fourth-order valence-corrected chi connectivity index (χ4v) is 5.24. The topological polar surface area (TPSA) is 84.9 Å². The summed E-state index contributed by atoms with van der Waals surface area (Å²) in [6.45, 7) is 4.01. The van der Waals surface area contributed by atoms with Crippen LogP contribution in [0, 0.1) is 13.8 Å². The Morgan fingerprint density at radius 1 is 1.09 bits per heavy atom. The molecule has 34 heavy (non-hydrogen) atoms. The van der Waals surface area contributed by atoms with E-state index in [9.17, 15) is 13.2 Å². The van der Waals surface area contributed by atoms with E-state index in [0.29, 0.717) is 22.2 Å². The molecule has 0 bridgehead atoms. The van der Waals surface area contributed by atoms with Crippen molar-refractivity contribution < 1.29 is 22.7 Å². The van der Waals surface area contributed by atoms with E-state index in [4.69, 9.17) is 21.1 Å². The first kappa shape index (κ1) is 23.9. The van der Waals surface area contributed by atoms with Crippen molar-refractivity contribution in [3.8, 4) is 11.5 Å². The van der Waals surface area contributed by atoms with Crippen molar-refractivity contribution in [3.05, 3.63) is 82.9 Å². The number of nitrogens with zero attached hydrogens (tertiary/aromatic N) is 1. The second kappa shape index (κ2) is 9.95. The van der Waals surface area contributed by atoms with Crippen LogP contribution in [0.25, 0.3) is 0 Å². The van der Waals surface area contributed by atoms with E-state index >= 15 is 0 Å². The molecule has 0 saturated carbocycles. The molecule has 0 radical (unpaired) electrons. The van der Waals surface area contributed by atoms with Gasteiger partial charge in [0.25, 0.3) is 15.9 Å². The molecule has 3 aromatic rings. The molecule has 178 valence electrons. The number of sulfonamides is 1. The molecule has 1 aliphatic rings. The number of benzene rings is 3. The highest BCUT2D eigenvalue weighted by Gasteiger charge is 2.37. The largest absolute Gasteiger partial charge is 0.490 e. The first-order valence-corrected chi connectivity index (χ1v) is 12.6. The number of ether oxygens (including phenoxy) is 2. The molecule has 9 heteroatoms. The van der Waals surface area contributed by atoms with Crippen LogP contribution < -0.4 is 19.1 Å². The minimum Gasteiger partial charge on any atom is -0.490 e. The summed E-state index contributed by atoms with van der Waals surface area (Å²) in [5, 5.41) is 3.23. The number of amides is 1. The van der Waals surface area contributed by atoms with Gasteiger partial charge in [0.15, 0.2) is 6.10 Å². The number of nitrogens with one attached hydrogen (secondary N) is 1. The number of hydrogen-bond donors (Lipinski definition) is 1. The Morgan fingerprint density at radius 2 is 1.79 bits per heavy atom. The van der Waals surface area contributed by atoms with Gasteiger partial charge < -0.3 is 14.8 Å². The second-order valence-electron chi connectivity index (χ2n) is 8.00. The number of carbonyl (C=O) groups is 1. The van der Waals surface area contributed by atoms with Gasteiger partial charge in [-0.05, 0) is 55.8 Å². The maximum Gasteiger partial charge on any atom is 0.264 e. The van der Waals surface area contributed by atoms with Crippen molar-refractivity contribution in [1.82, 2.24) is 5.32 Å². The molecular weight excluding hydrogens is 476 g/mol. The normalized spacial score (nSPS) is 15.3. The Balaban J connectivity index is 1.50. The van der Waals surface area contributed by atoms with Gasteiger partial charge in [0.1, 0.15) is 18.1 Å². The van der Waals surface area contributed by atoms with Gasteiger partial charge in [-0.25, -0.2) is 8.42 Å². The Morgan fingerprint density at radius 3 is 2.53 bits per heavy atom. The minimum absolute atomic E-state index is 0.149. The van der Waals surface area contributed by atoms with Crippen molar-refractivity contribution in [3.63, 3.8) is 0 Å². The first-order valence-electron chi connectivity index (χ1n) is 10.8. The molecule has 3 aromatic carbocycles. The molecular formula is C25H25ClN2O5S. The third-order valence-electron chi connectivity index (χ3n) is 5.38. The predicted molar refractivity (Wildman–Crippen MR) is 131 cm³/mol. The molecule has 1 amide bonds. The summed E-state index contributed by atoms with van der Waals surface area (Å²) < 4.78 is 39.7. The highest BCUT2D eigenvalue weighted by molar-refractivity contribution is 7.92. The molecule has 4 rings (SSSR count). The lowest BCUT2D eigenvalue weighted by atomic mass is 10.1. The number of para-hydroxylation sites is 1. The van der Waals surface area contributed by atoms with Crippen LogP contribution in [0.1, 0.15) is 11.1 Å². The molecule has 1 atom stereocenters. The molecule has 1 aliphatic heterocycles. The van der Waals surface area contributed by atoms with E-state index in [2.05, 4.69) is 5.32 Å². The lowest BCUT2D eigenvalue weighted by molar-refractivity contribution is -0.127. The molecule has 7 nitrogen and oxygen atoms in total. The van der Waals surface area contributed by atoms with E-state index in [1.54, 1.807) is 60.7 Å². The van der Waals surface area contributed by atoms with E-state index in [-0.39, 0.29) is 24.6 Å². The van der Waals surface area contributed by atoms with Crippen LogP contribution in [-0.2, 0) is 14.8 Å². The molecule has 1 heterocycles. The fourth-order valence-electron chi connectivity index (χ4n) is 3.57. The van der Waals surface area contributed by atoms with Crippen LogP contribution in [0.3, 0.4) is 0 Å². The lowest BCUT2D eigenvalue weighted by Crippen LogP contribution is -2.51. The average Bonchev–Trinajstić information content (AvgIpc) is 2.82. The average molecular weight is 501 g/mol. The summed E-state index contributed by atoms with van der Waals surface area (Å²) in [5.41, 5.74) is 2.24. The van der Waals surface area contributed by atoms with Crippen molar-refractivity contribution in [2.75, 3.05) is 24.0 Å². The molecule has 0 aromatic heterocycles. The van der Waals surface area contributed by atoms with Gasteiger partial charge in [-0.2, -0.15) is 0 Å². The molecule has 0 unspecified atom stereocenters. The van der Waals surface area contributed by atoms with Gasteiger partial charge >= 0.3 is 0 Å². The number of fused-ring (bicyclic) bond motifs is 1. The molecule has 0 spiro atoms. The van der Waals surface area contributed by atoms with Crippen molar-refractivity contribution >= 4 is 33.2 Å². The van der Waals surface area contributed by atoms with Gasteiger partial charge in [0.2, 0.25) is 0 Å². The van der Waals surface area contributed by atoms with Gasteiger partial charge in [0, 0.05) is 0 Å². The van der Waals surface area contributed by atoms with E-state index in [0.717, 1.165) is 11.1 Å². The zero-order valence-electron chi connectivity index (χ0n) is 18.8. The molecule has 1 N–H and O–H groups in total. The van der Waals surface area contributed by atoms with Crippen LogP contribution in [0.2, 0.25) is 5.02 Å². The first-order chi connectivity index (χ1) is 16.3. The fraction of sp³-hybridized carbons (Fsp3) is 0.240. The summed E-state index contributed by atoms with van der Waals surface area (Å²) in [4.78, 5) is 13.0. The molecule has 0 aliphatic carbocycles. The Bertz CT molecular complexity index is 1290. The van der Waals surface area contributed by atoms with Gasteiger partial charge in [0.05, 0.1) is 28.7 Å². The number of hydrogen-bond acceptors (Lipinski definition) is 5. The highest BCUT2D eigenvalue weighted by atomic mass is 35.5. The summed E-state index contributed by atoms with van der Waals surface area (Å²) >= 11 is 6.07. The Kier molecular flexibility index (Phi) is 7.00. The maximum atomic E-state index is 13.5. The van der Waals surface area contributed by atoms with Crippen LogP contribution in [-0.4, -0.2) is 40.1 Å². The third-order valence-corrected chi connectivity index (χ3v) is 7.49. The summed E-state index contributed by atoms with van der Waals surface area (Å²) in [6, 6.07) is 18.9. The van der Waals surface area contributed by atoms with Crippen LogP contribution in [0.5, 0.6) is 11.5 Å². The summed E-state index contributed by atoms with van der Waals surface area (Å²) in [5.74, 6) is 0.431. The third kappa shape index (κ3) is 5.13. The summed E-state index contributed by atoms with van der Waals surface area (Å²) in [6.07, 6.45) is -1.02. The van der Waals surface area contributed by atoms with E-state index in [1.807, 2.05) is 19.9 Å². The quantitative estimate of drug-likeness (QED) is 0.493.